The van der Waals surface area contributed by atoms with Crippen LogP contribution in [0.4, 0.5) is 0 Å². The van der Waals surface area contributed by atoms with Gasteiger partial charge in [-0.1, -0.05) is 6.92 Å². The number of rotatable bonds is 2. The molecule has 2 atom stereocenters. The molecule has 0 saturated heterocycles. The number of aryl methyl sites for hydroxylation is 1. The first-order chi connectivity index (χ1) is 6.70. The van der Waals surface area contributed by atoms with Gasteiger partial charge in [0.05, 0.1) is 5.69 Å². The molecule has 0 aromatic carbocycles. The summed E-state index contributed by atoms with van der Waals surface area (Å²) in [6, 6.07) is 0. The summed E-state index contributed by atoms with van der Waals surface area (Å²) in [4.78, 5) is 5.80. The number of aliphatic hydroxyl groups is 1. The monoisotopic (exact) mass is 212 g/mol. The van der Waals surface area contributed by atoms with E-state index in [1.54, 1.807) is 11.3 Å². The summed E-state index contributed by atoms with van der Waals surface area (Å²) >= 11 is 1.63. The molecule has 3 nitrogen and oxygen atoms in total. The van der Waals surface area contributed by atoms with Crippen molar-refractivity contribution in [3.05, 3.63) is 15.6 Å². The predicted octanol–water partition coefficient (Wildman–Crippen LogP) is 1.26. The van der Waals surface area contributed by atoms with Crippen LogP contribution in [0.2, 0.25) is 0 Å². The Morgan fingerprint density at radius 2 is 2.50 bits per heavy atom. The Balaban J connectivity index is 2.23. The van der Waals surface area contributed by atoms with E-state index in [9.17, 15) is 5.11 Å². The third-order valence-corrected chi connectivity index (χ3v) is 3.93. The lowest BCUT2D eigenvalue weighted by atomic mass is 9.93. The number of nitrogens with two attached hydrogens (primary N) is 1. The second kappa shape index (κ2) is 3.96. The first-order valence-corrected chi connectivity index (χ1v) is 5.89. The van der Waals surface area contributed by atoms with E-state index in [0.29, 0.717) is 0 Å². The highest BCUT2D eigenvalue weighted by atomic mass is 32.1. The number of aliphatic hydroxyl groups excluding tert-OH is 1. The van der Waals surface area contributed by atoms with Gasteiger partial charge in [-0.05, 0) is 25.2 Å². The smallest absolute Gasteiger partial charge is 0.123 e. The average Bonchev–Trinajstić information content (AvgIpc) is 2.59. The van der Waals surface area contributed by atoms with Gasteiger partial charge in [-0.3, -0.25) is 0 Å². The van der Waals surface area contributed by atoms with Crippen molar-refractivity contribution in [1.82, 2.24) is 4.98 Å². The zero-order chi connectivity index (χ0) is 10.1. The Labute approximate surface area is 88.0 Å². The highest BCUT2D eigenvalue weighted by molar-refractivity contribution is 7.11. The maximum Gasteiger partial charge on any atom is 0.123 e. The van der Waals surface area contributed by atoms with Crippen LogP contribution in [0.3, 0.4) is 0 Å². The van der Waals surface area contributed by atoms with Crippen molar-refractivity contribution in [1.29, 1.82) is 0 Å². The lowest BCUT2D eigenvalue weighted by Gasteiger charge is -2.15. The molecule has 0 amide bonds. The van der Waals surface area contributed by atoms with Crippen LogP contribution in [-0.4, -0.2) is 16.6 Å². The summed E-state index contributed by atoms with van der Waals surface area (Å²) in [6.45, 7) is 2.53. The van der Waals surface area contributed by atoms with Crippen molar-refractivity contribution in [3.63, 3.8) is 0 Å². The van der Waals surface area contributed by atoms with Gasteiger partial charge in [-0.15, -0.1) is 11.3 Å². The molecule has 0 bridgehead atoms. The maximum atomic E-state index is 9.57. The van der Waals surface area contributed by atoms with Gasteiger partial charge >= 0.3 is 0 Å². The zero-order valence-corrected chi connectivity index (χ0v) is 9.18. The molecular formula is C10H16N2OS. The molecule has 4 heteroatoms. The first kappa shape index (κ1) is 10.1. The quantitative estimate of drug-likeness (QED) is 0.776. The van der Waals surface area contributed by atoms with E-state index in [0.717, 1.165) is 23.8 Å². The summed E-state index contributed by atoms with van der Waals surface area (Å²) in [5.41, 5.74) is 6.60. The summed E-state index contributed by atoms with van der Waals surface area (Å²) in [6.07, 6.45) is 2.82. The van der Waals surface area contributed by atoms with Gasteiger partial charge in [0.15, 0.2) is 0 Å². The number of thiazole rings is 1. The minimum atomic E-state index is -0.569. The van der Waals surface area contributed by atoms with Gasteiger partial charge in [0, 0.05) is 11.4 Å². The molecule has 0 spiro atoms. The topological polar surface area (TPSA) is 59.1 Å². The molecule has 1 heterocycles. The molecule has 3 N–H and O–H groups in total. The number of hydrogen-bond acceptors (Lipinski definition) is 4. The van der Waals surface area contributed by atoms with E-state index in [4.69, 9.17) is 5.73 Å². The minimum absolute atomic E-state index is 0.266. The molecule has 78 valence electrons. The van der Waals surface area contributed by atoms with Crippen LogP contribution in [0, 0.1) is 5.92 Å². The second-order valence-electron chi connectivity index (χ2n) is 4.02. The van der Waals surface area contributed by atoms with Gasteiger partial charge in [0.25, 0.3) is 0 Å². The Morgan fingerprint density at radius 1 is 1.71 bits per heavy atom. The molecule has 1 unspecified atom stereocenters. The van der Waals surface area contributed by atoms with Crippen LogP contribution in [0.5, 0.6) is 0 Å². The molecule has 1 aromatic rings. The molecule has 0 radical (unpaired) electrons. The van der Waals surface area contributed by atoms with E-state index in [2.05, 4.69) is 11.9 Å². The van der Waals surface area contributed by atoms with Crippen molar-refractivity contribution in [2.24, 2.45) is 11.7 Å². The molecular weight excluding hydrogens is 196 g/mol. The zero-order valence-electron chi connectivity index (χ0n) is 8.36. The predicted molar refractivity (Wildman–Crippen MR) is 57.3 cm³/mol. The van der Waals surface area contributed by atoms with E-state index in [-0.39, 0.29) is 6.54 Å². The lowest BCUT2D eigenvalue weighted by Crippen LogP contribution is -2.11. The summed E-state index contributed by atoms with van der Waals surface area (Å²) in [5, 5.41) is 10.4. The molecule has 14 heavy (non-hydrogen) atoms. The van der Waals surface area contributed by atoms with E-state index >= 15 is 0 Å². The Bertz CT molecular complexity index is 324. The van der Waals surface area contributed by atoms with Crippen LogP contribution >= 0.6 is 11.3 Å². The van der Waals surface area contributed by atoms with Crippen LogP contribution in [0.1, 0.15) is 35.0 Å². The largest absolute Gasteiger partial charge is 0.385 e. The van der Waals surface area contributed by atoms with Crippen LogP contribution in [-0.2, 0) is 12.8 Å². The summed E-state index contributed by atoms with van der Waals surface area (Å²) < 4.78 is 0. The van der Waals surface area contributed by atoms with Crippen molar-refractivity contribution < 1.29 is 5.11 Å². The summed E-state index contributed by atoms with van der Waals surface area (Å²) in [7, 11) is 0. The van der Waals surface area contributed by atoms with Gasteiger partial charge in [-0.25, -0.2) is 4.98 Å². The van der Waals surface area contributed by atoms with Crippen molar-refractivity contribution in [2.75, 3.05) is 6.54 Å². The Morgan fingerprint density at radius 3 is 3.21 bits per heavy atom. The van der Waals surface area contributed by atoms with Crippen LogP contribution in [0.25, 0.3) is 0 Å². The molecule has 0 saturated carbocycles. The summed E-state index contributed by atoms with van der Waals surface area (Å²) in [5.74, 6) is 0.755. The molecule has 1 aliphatic rings. The van der Waals surface area contributed by atoms with E-state index < -0.39 is 6.10 Å². The number of nitrogens with zero attached hydrogens (tertiary/aromatic N) is 1. The SMILES string of the molecule is CC1CCc2nc([C@@H](O)CN)sc2C1. The fourth-order valence-corrected chi connectivity index (χ4v) is 3.08. The molecule has 1 aliphatic carbocycles. The lowest BCUT2D eigenvalue weighted by molar-refractivity contribution is 0.186. The molecule has 0 aliphatic heterocycles. The van der Waals surface area contributed by atoms with Crippen molar-refractivity contribution >= 4 is 11.3 Å². The second-order valence-corrected chi connectivity index (χ2v) is 5.14. The van der Waals surface area contributed by atoms with Gasteiger partial charge in [-0.2, -0.15) is 0 Å². The minimum Gasteiger partial charge on any atom is -0.385 e. The van der Waals surface area contributed by atoms with Crippen LogP contribution < -0.4 is 5.73 Å². The highest BCUT2D eigenvalue weighted by Gasteiger charge is 2.21. The number of aromatic nitrogens is 1. The maximum absolute atomic E-state index is 9.57. The third kappa shape index (κ3) is 1.82. The Hall–Kier alpha value is -0.450. The van der Waals surface area contributed by atoms with Gasteiger partial charge in [0.1, 0.15) is 11.1 Å². The number of hydrogen-bond donors (Lipinski definition) is 2. The average molecular weight is 212 g/mol. The van der Waals surface area contributed by atoms with E-state index in [1.807, 2.05) is 0 Å². The van der Waals surface area contributed by atoms with Gasteiger partial charge < -0.3 is 10.8 Å². The first-order valence-electron chi connectivity index (χ1n) is 5.07. The number of fused-ring (bicyclic) bond motifs is 1. The normalized spacial score (nSPS) is 23.2. The fraction of sp³-hybridized carbons (Fsp3) is 0.700. The molecule has 0 fully saturated rings. The standard InChI is InChI=1S/C10H16N2OS/c1-6-2-3-7-9(4-6)14-10(12-7)8(13)5-11/h6,8,13H,2-5,11H2,1H3/t6?,8-/m0/s1. The van der Waals surface area contributed by atoms with Crippen molar-refractivity contribution in [3.8, 4) is 0 Å². The Kier molecular flexibility index (Phi) is 2.85. The fourth-order valence-electron chi connectivity index (χ4n) is 1.80. The molecule has 1 aromatic heterocycles. The molecule has 2 rings (SSSR count). The van der Waals surface area contributed by atoms with E-state index in [1.165, 1.54) is 17.0 Å². The van der Waals surface area contributed by atoms with Gasteiger partial charge in [0.2, 0.25) is 0 Å². The van der Waals surface area contributed by atoms with Crippen molar-refractivity contribution in [2.45, 2.75) is 32.3 Å². The van der Waals surface area contributed by atoms with Crippen LogP contribution in [0.15, 0.2) is 0 Å². The highest BCUT2D eigenvalue weighted by Crippen LogP contribution is 2.31. The third-order valence-electron chi connectivity index (χ3n) is 2.71.